The molecular weight excluding hydrogens is 202 g/mol. The van der Waals surface area contributed by atoms with Crippen LogP contribution < -0.4 is 16.2 Å². The minimum absolute atomic E-state index is 0.682. The molecule has 0 saturated heterocycles. The van der Waals surface area contributed by atoms with Gasteiger partial charge in [0.15, 0.2) is 0 Å². The van der Waals surface area contributed by atoms with Crippen LogP contribution in [-0.4, -0.2) is 23.6 Å². The van der Waals surface area contributed by atoms with E-state index in [0.717, 1.165) is 24.3 Å². The average Bonchev–Trinajstić information content (AvgIpc) is 2.26. The molecule has 5 nitrogen and oxygen atoms in total. The molecule has 0 aliphatic heterocycles. The third kappa shape index (κ3) is 3.06. The summed E-state index contributed by atoms with van der Waals surface area (Å²) in [7, 11) is 2.04. The first-order chi connectivity index (χ1) is 7.56. The molecule has 0 saturated carbocycles. The van der Waals surface area contributed by atoms with E-state index in [-0.39, 0.29) is 0 Å². The van der Waals surface area contributed by atoms with Gasteiger partial charge in [-0.25, -0.2) is 15.8 Å². The molecule has 0 atom stereocenters. The molecule has 0 fully saturated rings. The molecule has 1 heterocycles. The summed E-state index contributed by atoms with van der Waals surface area (Å²) >= 11 is 0. The van der Waals surface area contributed by atoms with Crippen LogP contribution in [-0.2, 0) is 0 Å². The molecule has 0 spiro atoms. The summed E-state index contributed by atoms with van der Waals surface area (Å²) in [5.41, 5.74) is 3.56. The van der Waals surface area contributed by atoms with Crippen LogP contribution in [0.2, 0.25) is 0 Å². The molecule has 0 aliphatic carbocycles. The van der Waals surface area contributed by atoms with E-state index in [9.17, 15) is 0 Å². The Morgan fingerprint density at radius 3 is 2.69 bits per heavy atom. The second-order valence-corrected chi connectivity index (χ2v) is 4.42. The first-order valence-electron chi connectivity index (χ1n) is 5.55. The van der Waals surface area contributed by atoms with Crippen molar-refractivity contribution in [2.75, 3.05) is 23.9 Å². The van der Waals surface area contributed by atoms with Crippen LogP contribution in [0, 0.1) is 12.8 Å². The lowest BCUT2D eigenvalue weighted by atomic mass is 10.1. The Kier molecular flexibility index (Phi) is 4.49. The largest absolute Gasteiger partial charge is 0.359 e. The van der Waals surface area contributed by atoms with Gasteiger partial charge < -0.3 is 10.3 Å². The molecule has 0 bridgehead atoms. The zero-order valence-electron chi connectivity index (χ0n) is 10.5. The first kappa shape index (κ1) is 12.7. The summed E-state index contributed by atoms with van der Waals surface area (Å²) in [5, 5.41) is 0. The summed E-state index contributed by atoms with van der Waals surface area (Å²) in [6.07, 6.45) is 2.68. The predicted molar refractivity (Wildman–Crippen MR) is 67.3 cm³/mol. The Balaban J connectivity index is 2.78. The Morgan fingerprint density at radius 1 is 1.44 bits per heavy atom. The van der Waals surface area contributed by atoms with Gasteiger partial charge in [0.25, 0.3) is 0 Å². The second kappa shape index (κ2) is 5.65. The van der Waals surface area contributed by atoms with Gasteiger partial charge in [0.2, 0.25) is 0 Å². The molecular formula is C11H21N5. The molecule has 0 radical (unpaired) electrons. The molecule has 5 heteroatoms. The number of nitrogen functional groups attached to an aromatic ring is 1. The summed E-state index contributed by atoms with van der Waals surface area (Å²) in [4.78, 5) is 10.5. The second-order valence-electron chi connectivity index (χ2n) is 4.42. The summed E-state index contributed by atoms with van der Waals surface area (Å²) in [6, 6.07) is 0. The molecule has 16 heavy (non-hydrogen) atoms. The Bertz CT molecular complexity index is 337. The third-order valence-corrected chi connectivity index (χ3v) is 2.60. The van der Waals surface area contributed by atoms with Crippen molar-refractivity contribution in [1.29, 1.82) is 0 Å². The third-order valence-electron chi connectivity index (χ3n) is 2.60. The monoisotopic (exact) mass is 223 g/mol. The summed E-state index contributed by atoms with van der Waals surface area (Å²) < 4.78 is 0. The van der Waals surface area contributed by atoms with Gasteiger partial charge >= 0.3 is 0 Å². The van der Waals surface area contributed by atoms with Crippen molar-refractivity contribution in [1.82, 2.24) is 9.97 Å². The highest BCUT2D eigenvalue weighted by atomic mass is 15.3. The summed E-state index contributed by atoms with van der Waals surface area (Å²) in [5.74, 6) is 7.69. The van der Waals surface area contributed by atoms with Crippen molar-refractivity contribution in [3.63, 3.8) is 0 Å². The molecule has 90 valence electrons. The fourth-order valence-electron chi connectivity index (χ4n) is 1.53. The Morgan fingerprint density at radius 2 is 2.12 bits per heavy atom. The van der Waals surface area contributed by atoms with Crippen molar-refractivity contribution in [3.05, 3.63) is 11.9 Å². The number of hydrogen-bond acceptors (Lipinski definition) is 5. The number of nitrogens with one attached hydrogen (secondary N) is 1. The zero-order chi connectivity index (χ0) is 12.1. The SMILES string of the molecule is Cc1c(NN)ncnc1N(C)CCC(C)C. The topological polar surface area (TPSA) is 67.1 Å². The molecule has 0 aromatic carbocycles. The van der Waals surface area contributed by atoms with E-state index >= 15 is 0 Å². The number of anilines is 2. The highest BCUT2D eigenvalue weighted by Gasteiger charge is 2.10. The maximum Gasteiger partial charge on any atom is 0.148 e. The van der Waals surface area contributed by atoms with Gasteiger partial charge in [-0.1, -0.05) is 13.8 Å². The number of nitrogens with zero attached hydrogens (tertiary/aromatic N) is 3. The molecule has 1 aromatic heterocycles. The molecule has 1 aromatic rings. The standard InChI is InChI=1S/C11H21N5/c1-8(2)5-6-16(4)11-9(3)10(15-12)13-7-14-11/h7-8H,5-6,12H2,1-4H3,(H,13,14,15). The normalized spacial score (nSPS) is 10.6. The van der Waals surface area contributed by atoms with Crippen molar-refractivity contribution in [3.8, 4) is 0 Å². The van der Waals surface area contributed by atoms with E-state index < -0.39 is 0 Å². The summed E-state index contributed by atoms with van der Waals surface area (Å²) in [6.45, 7) is 7.39. The lowest BCUT2D eigenvalue weighted by Gasteiger charge is -2.21. The lowest BCUT2D eigenvalue weighted by Crippen LogP contribution is -2.23. The number of rotatable bonds is 5. The van der Waals surface area contributed by atoms with Crippen LogP contribution in [0.3, 0.4) is 0 Å². The smallest absolute Gasteiger partial charge is 0.148 e. The van der Waals surface area contributed by atoms with Gasteiger partial charge in [0.1, 0.15) is 18.0 Å². The Labute approximate surface area is 97.0 Å². The quantitative estimate of drug-likeness (QED) is 0.585. The van der Waals surface area contributed by atoms with Crippen LogP contribution in [0.15, 0.2) is 6.33 Å². The van der Waals surface area contributed by atoms with Crippen LogP contribution in [0.4, 0.5) is 11.6 Å². The van der Waals surface area contributed by atoms with E-state index in [1.54, 1.807) is 0 Å². The fourth-order valence-corrected chi connectivity index (χ4v) is 1.53. The molecule has 1 rings (SSSR count). The van der Waals surface area contributed by atoms with Crippen molar-refractivity contribution in [2.45, 2.75) is 27.2 Å². The van der Waals surface area contributed by atoms with Crippen molar-refractivity contribution >= 4 is 11.6 Å². The maximum absolute atomic E-state index is 5.38. The van der Waals surface area contributed by atoms with E-state index in [1.165, 1.54) is 6.33 Å². The van der Waals surface area contributed by atoms with Gasteiger partial charge in [-0.2, -0.15) is 0 Å². The van der Waals surface area contributed by atoms with Crippen LogP contribution in [0.25, 0.3) is 0 Å². The molecule has 0 unspecified atom stereocenters. The van der Waals surface area contributed by atoms with E-state index in [2.05, 4.69) is 34.1 Å². The first-order valence-corrected chi connectivity index (χ1v) is 5.55. The van der Waals surface area contributed by atoms with Crippen LogP contribution in [0.1, 0.15) is 25.8 Å². The highest BCUT2D eigenvalue weighted by molar-refractivity contribution is 5.56. The number of hydrogen-bond donors (Lipinski definition) is 2. The minimum Gasteiger partial charge on any atom is -0.359 e. The van der Waals surface area contributed by atoms with E-state index in [4.69, 9.17) is 5.84 Å². The lowest BCUT2D eigenvalue weighted by molar-refractivity contribution is 0.583. The van der Waals surface area contributed by atoms with E-state index in [0.29, 0.717) is 11.7 Å². The van der Waals surface area contributed by atoms with Crippen LogP contribution >= 0.6 is 0 Å². The number of aromatic nitrogens is 2. The Hall–Kier alpha value is -1.36. The van der Waals surface area contributed by atoms with Gasteiger partial charge in [0.05, 0.1) is 0 Å². The number of nitrogens with two attached hydrogens (primary N) is 1. The van der Waals surface area contributed by atoms with Crippen LogP contribution in [0.5, 0.6) is 0 Å². The predicted octanol–water partition coefficient (Wildman–Crippen LogP) is 1.55. The van der Waals surface area contributed by atoms with Gasteiger partial charge in [0, 0.05) is 19.2 Å². The van der Waals surface area contributed by atoms with Gasteiger partial charge in [-0.05, 0) is 19.3 Å². The zero-order valence-corrected chi connectivity index (χ0v) is 10.5. The fraction of sp³-hybridized carbons (Fsp3) is 0.636. The molecule has 0 amide bonds. The maximum atomic E-state index is 5.38. The average molecular weight is 223 g/mol. The van der Waals surface area contributed by atoms with E-state index in [1.807, 2.05) is 14.0 Å². The minimum atomic E-state index is 0.682. The number of hydrazine groups is 1. The van der Waals surface area contributed by atoms with Gasteiger partial charge in [-0.3, -0.25) is 0 Å². The van der Waals surface area contributed by atoms with Crippen molar-refractivity contribution < 1.29 is 0 Å². The highest BCUT2D eigenvalue weighted by Crippen LogP contribution is 2.20. The van der Waals surface area contributed by atoms with Crippen molar-refractivity contribution in [2.24, 2.45) is 11.8 Å². The molecule has 3 N–H and O–H groups in total. The van der Waals surface area contributed by atoms with Gasteiger partial charge in [-0.15, -0.1) is 0 Å². The molecule has 0 aliphatic rings.